The molecule has 0 aliphatic heterocycles. The number of carbonyl (C=O) groups excluding carboxylic acids is 1. The third-order valence-corrected chi connectivity index (χ3v) is 3.22. The van der Waals surface area contributed by atoms with E-state index in [4.69, 9.17) is 16.7 Å². The molecule has 0 aliphatic carbocycles. The van der Waals surface area contributed by atoms with Crippen LogP contribution in [-0.4, -0.2) is 23.0 Å². The highest BCUT2D eigenvalue weighted by atomic mass is 35.5. The molecule has 4 nitrogen and oxygen atoms in total. The summed E-state index contributed by atoms with van der Waals surface area (Å²) in [6.07, 6.45) is 4.01. The molecule has 1 aromatic carbocycles. The van der Waals surface area contributed by atoms with Crippen molar-refractivity contribution in [1.82, 2.24) is 5.32 Å². The fourth-order valence-electron chi connectivity index (χ4n) is 1.65. The monoisotopic (exact) mass is 295 g/mol. The minimum atomic E-state index is -1.02. The highest BCUT2D eigenvalue weighted by Crippen LogP contribution is 2.17. The topological polar surface area (TPSA) is 66.4 Å². The SMILES string of the molecule is CCC[C@H](NC(=O)/C=C/c1ccc(C)c(Cl)c1)C(=O)O. The molecule has 20 heavy (non-hydrogen) atoms. The minimum Gasteiger partial charge on any atom is -0.480 e. The van der Waals surface area contributed by atoms with Crippen molar-refractivity contribution >= 4 is 29.6 Å². The van der Waals surface area contributed by atoms with E-state index in [0.29, 0.717) is 17.9 Å². The Kier molecular flexibility index (Phi) is 6.25. The number of aryl methyl sites for hydroxylation is 1. The molecule has 0 heterocycles. The molecule has 0 fully saturated rings. The summed E-state index contributed by atoms with van der Waals surface area (Å²) in [7, 11) is 0. The third-order valence-electron chi connectivity index (χ3n) is 2.81. The molecule has 1 amide bonds. The first-order chi connectivity index (χ1) is 9.43. The van der Waals surface area contributed by atoms with E-state index in [1.807, 2.05) is 26.0 Å². The van der Waals surface area contributed by atoms with Crippen molar-refractivity contribution in [3.63, 3.8) is 0 Å². The number of halogens is 1. The highest BCUT2D eigenvalue weighted by molar-refractivity contribution is 6.31. The number of carboxylic acid groups (broad SMARTS) is 1. The van der Waals surface area contributed by atoms with E-state index in [-0.39, 0.29) is 0 Å². The van der Waals surface area contributed by atoms with Crippen LogP contribution in [-0.2, 0) is 9.59 Å². The summed E-state index contributed by atoms with van der Waals surface area (Å²) >= 11 is 5.98. The molecule has 0 saturated heterocycles. The van der Waals surface area contributed by atoms with Crippen LogP contribution in [0.1, 0.15) is 30.9 Å². The van der Waals surface area contributed by atoms with E-state index in [9.17, 15) is 9.59 Å². The highest BCUT2D eigenvalue weighted by Gasteiger charge is 2.17. The first-order valence-corrected chi connectivity index (χ1v) is 6.79. The predicted molar refractivity (Wildman–Crippen MR) is 79.7 cm³/mol. The summed E-state index contributed by atoms with van der Waals surface area (Å²) in [4.78, 5) is 22.6. The second kappa shape index (κ2) is 7.70. The summed E-state index contributed by atoms with van der Waals surface area (Å²) in [6, 6.07) is 4.60. The Morgan fingerprint density at radius 1 is 1.45 bits per heavy atom. The van der Waals surface area contributed by atoms with Crippen molar-refractivity contribution in [2.24, 2.45) is 0 Å². The molecule has 0 aromatic heterocycles. The van der Waals surface area contributed by atoms with E-state index < -0.39 is 17.9 Å². The Balaban J connectivity index is 2.67. The van der Waals surface area contributed by atoms with Gasteiger partial charge in [0.15, 0.2) is 0 Å². The summed E-state index contributed by atoms with van der Waals surface area (Å²) in [5.41, 5.74) is 1.75. The van der Waals surface area contributed by atoms with Crippen LogP contribution >= 0.6 is 11.6 Å². The lowest BCUT2D eigenvalue weighted by Gasteiger charge is -2.11. The fourth-order valence-corrected chi connectivity index (χ4v) is 1.84. The molecule has 0 saturated carbocycles. The minimum absolute atomic E-state index is 0.408. The van der Waals surface area contributed by atoms with Gasteiger partial charge in [0.1, 0.15) is 6.04 Å². The van der Waals surface area contributed by atoms with Crippen molar-refractivity contribution in [2.75, 3.05) is 0 Å². The Hall–Kier alpha value is -1.81. The van der Waals surface area contributed by atoms with Crippen molar-refractivity contribution in [1.29, 1.82) is 0 Å². The number of benzene rings is 1. The molecular weight excluding hydrogens is 278 g/mol. The van der Waals surface area contributed by atoms with Gasteiger partial charge in [0, 0.05) is 11.1 Å². The van der Waals surface area contributed by atoms with Crippen molar-refractivity contribution in [3.05, 3.63) is 40.4 Å². The lowest BCUT2D eigenvalue weighted by atomic mass is 10.1. The van der Waals surface area contributed by atoms with Gasteiger partial charge < -0.3 is 10.4 Å². The fraction of sp³-hybridized carbons (Fsp3) is 0.333. The van der Waals surface area contributed by atoms with Gasteiger partial charge in [-0.1, -0.05) is 37.1 Å². The maximum absolute atomic E-state index is 11.7. The van der Waals surface area contributed by atoms with Gasteiger partial charge in [0.05, 0.1) is 0 Å². The lowest BCUT2D eigenvalue weighted by Crippen LogP contribution is -2.39. The Labute approximate surface area is 123 Å². The molecule has 5 heteroatoms. The van der Waals surface area contributed by atoms with Crippen molar-refractivity contribution in [3.8, 4) is 0 Å². The molecule has 0 unspecified atom stereocenters. The van der Waals surface area contributed by atoms with Gasteiger partial charge in [-0.05, 0) is 36.6 Å². The summed E-state index contributed by atoms with van der Waals surface area (Å²) in [5, 5.41) is 12.0. The molecule has 0 aliphatic rings. The van der Waals surface area contributed by atoms with Crippen LogP contribution < -0.4 is 5.32 Å². The standard InChI is InChI=1S/C15H18ClNO3/c1-3-4-13(15(19)20)17-14(18)8-7-11-6-5-10(2)12(16)9-11/h5-9,13H,3-4H2,1-2H3,(H,17,18)(H,19,20)/b8-7+/t13-/m0/s1. The van der Waals surface area contributed by atoms with E-state index in [0.717, 1.165) is 11.1 Å². The van der Waals surface area contributed by atoms with Gasteiger partial charge in [0.25, 0.3) is 0 Å². The van der Waals surface area contributed by atoms with Crippen LogP contribution in [0.5, 0.6) is 0 Å². The zero-order valence-electron chi connectivity index (χ0n) is 11.5. The normalized spacial score (nSPS) is 12.3. The smallest absolute Gasteiger partial charge is 0.326 e. The second-order valence-corrected chi connectivity index (χ2v) is 4.94. The largest absolute Gasteiger partial charge is 0.480 e. The van der Waals surface area contributed by atoms with E-state index in [2.05, 4.69) is 5.32 Å². The average molecular weight is 296 g/mol. The maximum atomic E-state index is 11.7. The quantitative estimate of drug-likeness (QED) is 0.793. The Bertz CT molecular complexity index is 526. The molecule has 0 radical (unpaired) electrons. The van der Waals surface area contributed by atoms with Crippen molar-refractivity contribution in [2.45, 2.75) is 32.7 Å². The first-order valence-electron chi connectivity index (χ1n) is 6.41. The zero-order valence-corrected chi connectivity index (χ0v) is 12.3. The van der Waals surface area contributed by atoms with Gasteiger partial charge in [-0.25, -0.2) is 4.79 Å². The molecule has 0 spiro atoms. The molecule has 2 N–H and O–H groups in total. The van der Waals surface area contributed by atoms with Crippen LogP contribution in [0.15, 0.2) is 24.3 Å². The number of amides is 1. The van der Waals surface area contributed by atoms with Gasteiger partial charge in [-0.2, -0.15) is 0 Å². The van der Waals surface area contributed by atoms with Crippen LogP contribution in [0.2, 0.25) is 5.02 Å². The summed E-state index contributed by atoms with van der Waals surface area (Å²) < 4.78 is 0. The van der Waals surface area contributed by atoms with E-state index in [1.54, 1.807) is 12.1 Å². The van der Waals surface area contributed by atoms with E-state index >= 15 is 0 Å². The second-order valence-electron chi connectivity index (χ2n) is 4.53. The maximum Gasteiger partial charge on any atom is 0.326 e. The Morgan fingerprint density at radius 3 is 2.70 bits per heavy atom. The van der Waals surface area contributed by atoms with Gasteiger partial charge >= 0.3 is 5.97 Å². The number of carbonyl (C=O) groups is 2. The van der Waals surface area contributed by atoms with Gasteiger partial charge in [-0.3, -0.25) is 4.79 Å². The summed E-state index contributed by atoms with van der Waals surface area (Å²) in [6.45, 7) is 3.76. The summed E-state index contributed by atoms with van der Waals surface area (Å²) in [5.74, 6) is -1.45. The van der Waals surface area contributed by atoms with Crippen LogP contribution in [0.4, 0.5) is 0 Å². The van der Waals surface area contributed by atoms with Gasteiger partial charge in [-0.15, -0.1) is 0 Å². The van der Waals surface area contributed by atoms with E-state index in [1.165, 1.54) is 6.08 Å². The average Bonchev–Trinajstić information content (AvgIpc) is 2.39. The zero-order chi connectivity index (χ0) is 15.1. The third kappa shape index (κ3) is 5.05. The predicted octanol–water partition coefficient (Wildman–Crippen LogP) is 3.03. The molecule has 1 atom stereocenters. The van der Waals surface area contributed by atoms with Crippen LogP contribution in [0.25, 0.3) is 6.08 Å². The first kappa shape index (κ1) is 16.2. The molecule has 108 valence electrons. The number of hydrogen-bond acceptors (Lipinski definition) is 2. The Morgan fingerprint density at radius 2 is 2.15 bits per heavy atom. The number of rotatable bonds is 6. The molecular formula is C15H18ClNO3. The number of aliphatic carboxylic acids is 1. The number of carboxylic acids is 1. The number of hydrogen-bond donors (Lipinski definition) is 2. The molecule has 0 bridgehead atoms. The van der Waals surface area contributed by atoms with Crippen molar-refractivity contribution < 1.29 is 14.7 Å². The van der Waals surface area contributed by atoms with Crippen LogP contribution in [0, 0.1) is 6.92 Å². The number of nitrogens with one attached hydrogen (secondary N) is 1. The lowest BCUT2D eigenvalue weighted by molar-refractivity contribution is -0.141. The van der Waals surface area contributed by atoms with Crippen LogP contribution in [0.3, 0.4) is 0 Å². The van der Waals surface area contributed by atoms with Gasteiger partial charge in [0.2, 0.25) is 5.91 Å². The molecule has 1 aromatic rings. The molecule has 1 rings (SSSR count).